The van der Waals surface area contributed by atoms with Crippen LogP contribution in [0, 0.1) is 0 Å². The van der Waals surface area contributed by atoms with Gasteiger partial charge in [0.05, 0.1) is 24.4 Å². The van der Waals surface area contributed by atoms with E-state index in [0.29, 0.717) is 0 Å². The summed E-state index contributed by atoms with van der Waals surface area (Å²) in [5.74, 6) is -0.289. The molecule has 0 aromatic carbocycles. The second kappa shape index (κ2) is 11.2. The number of nitrogens with zero attached hydrogens (tertiary/aromatic N) is 3. The molecule has 9 atom stereocenters. The first kappa shape index (κ1) is 27.4. The van der Waals surface area contributed by atoms with Crippen LogP contribution < -0.4 is 11.0 Å². The second-order valence-electron chi connectivity index (χ2n) is 9.56. The molecule has 0 spiro atoms. The number of ether oxygens (including phenoxy) is 3. The van der Waals surface area contributed by atoms with Crippen LogP contribution in [-0.2, 0) is 19.0 Å². The van der Waals surface area contributed by atoms with Crippen molar-refractivity contribution in [3.05, 3.63) is 34.4 Å². The van der Waals surface area contributed by atoms with E-state index in [0.717, 1.165) is 5.57 Å². The zero-order valence-electron chi connectivity index (χ0n) is 20.9. The highest BCUT2D eigenvalue weighted by atomic mass is 16.7. The van der Waals surface area contributed by atoms with E-state index in [9.17, 15) is 24.9 Å². The molecule has 1 aromatic rings. The Bertz CT molecular complexity index is 967. The van der Waals surface area contributed by atoms with Crippen molar-refractivity contribution >= 4 is 11.7 Å². The van der Waals surface area contributed by atoms with Crippen molar-refractivity contribution < 1.29 is 34.3 Å². The van der Waals surface area contributed by atoms with Crippen LogP contribution in [0.15, 0.2) is 28.7 Å². The number of aromatic nitrogens is 2. The molecule has 2 fully saturated rings. The van der Waals surface area contributed by atoms with E-state index < -0.39 is 66.8 Å². The summed E-state index contributed by atoms with van der Waals surface area (Å²) >= 11 is 0. The Balaban J connectivity index is 1.66. The molecule has 2 saturated heterocycles. The monoisotopic (exact) mass is 496 g/mol. The van der Waals surface area contributed by atoms with Crippen LogP contribution in [0.2, 0.25) is 0 Å². The number of allylic oxidation sites excluding steroid dienone is 1. The van der Waals surface area contributed by atoms with Gasteiger partial charge < -0.3 is 39.7 Å². The Morgan fingerprint density at radius 3 is 2.46 bits per heavy atom. The third-order valence-electron chi connectivity index (χ3n) is 6.16. The molecule has 2 aliphatic heterocycles. The van der Waals surface area contributed by atoms with Crippen LogP contribution in [-0.4, -0.2) is 98.7 Å². The van der Waals surface area contributed by atoms with Gasteiger partial charge in [0, 0.05) is 18.7 Å². The number of rotatable bonds is 6. The Kier molecular flexibility index (Phi) is 8.81. The third-order valence-corrected chi connectivity index (χ3v) is 6.16. The van der Waals surface area contributed by atoms with Crippen LogP contribution in [0.5, 0.6) is 0 Å². The van der Waals surface area contributed by atoms with Gasteiger partial charge in [-0.05, 0) is 47.9 Å². The predicted molar refractivity (Wildman–Crippen MR) is 125 cm³/mol. The molecule has 35 heavy (non-hydrogen) atoms. The number of carbonyl (C=O) groups is 1. The van der Waals surface area contributed by atoms with Gasteiger partial charge in [0.25, 0.3) is 0 Å². The first-order valence-corrected chi connectivity index (χ1v) is 11.6. The SMILES string of the molecule is CC(C)=CC(=O)Nc1ccn([C@H]2C[C@H](O)[C@H](O[C@@H]3O[C@H](C)[C@@H](N(C)C)[C@H](O)[C@H]3O)[C@H](C)O2)c(=O)n1. The lowest BCUT2D eigenvalue weighted by Gasteiger charge is -2.46. The number of anilines is 1. The number of nitrogens with one attached hydrogen (secondary N) is 1. The summed E-state index contributed by atoms with van der Waals surface area (Å²) < 4.78 is 18.8. The zero-order valence-corrected chi connectivity index (χ0v) is 20.9. The number of aliphatic hydroxyl groups excluding tert-OH is 3. The molecule has 12 nitrogen and oxygen atoms in total. The Morgan fingerprint density at radius 1 is 1.20 bits per heavy atom. The van der Waals surface area contributed by atoms with Crippen LogP contribution >= 0.6 is 0 Å². The number of hydrogen-bond donors (Lipinski definition) is 4. The molecule has 4 N–H and O–H groups in total. The van der Waals surface area contributed by atoms with Crippen LogP contribution in [0.1, 0.15) is 40.3 Å². The highest BCUT2D eigenvalue weighted by molar-refractivity contribution is 5.98. The van der Waals surface area contributed by atoms with E-state index in [-0.39, 0.29) is 12.2 Å². The maximum atomic E-state index is 12.6. The highest BCUT2D eigenvalue weighted by Gasteiger charge is 2.47. The molecular weight excluding hydrogens is 460 g/mol. The first-order chi connectivity index (χ1) is 16.4. The number of amides is 1. The fourth-order valence-electron chi connectivity index (χ4n) is 4.55. The Labute approximate surface area is 204 Å². The maximum absolute atomic E-state index is 12.6. The van der Waals surface area contributed by atoms with E-state index in [2.05, 4.69) is 10.3 Å². The molecule has 3 rings (SSSR count). The second-order valence-corrected chi connectivity index (χ2v) is 9.56. The van der Waals surface area contributed by atoms with Crippen molar-refractivity contribution in [2.45, 2.75) is 89.3 Å². The minimum atomic E-state index is -1.32. The largest absolute Gasteiger partial charge is 0.390 e. The molecule has 0 aliphatic carbocycles. The average Bonchev–Trinajstić information content (AvgIpc) is 2.73. The van der Waals surface area contributed by atoms with E-state index in [1.54, 1.807) is 46.7 Å². The van der Waals surface area contributed by atoms with Gasteiger partial charge in [0.2, 0.25) is 5.91 Å². The summed E-state index contributed by atoms with van der Waals surface area (Å²) in [6.07, 6.45) is -4.60. The van der Waals surface area contributed by atoms with Crippen molar-refractivity contribution in [3.8, 4) is 0 Å². The van der Waals surface area contributed by atoms with E-state index in [1.807, 2.05) is 0 Å². The lowest BCUT2D eigenvalue weighted by molar-refractivity contribution is -0.322. The molecule has 1 amide bonds. The first-order valence-electron chi connectivity index (χ1n) is 11.6. The van der Waals surface area contributed by atoms with Crippen LogP contribution in [0.25, 0.3) is 0 Å². The minimum absolute atomic E-state index is 0.0152. The van der Waals surface area contributed by atoms with Gasteiger partial charge >= 0.3 is 5.69 Å². The van der Waals surface area contributed by atoms with E-state index in [4.69, 9.17) is 14.2 Å². The van der Waals surface area contributed by atoms with Gasteiger partial charge in [-0.15, -0.1) is 0 Å². The van der Waals surface area contributed by atoms with Crippen molar-refractivity contribution in [2.75, 3.05) is 19.4 Å². The average molecular weight is 497 g/mol. The zero-order chi connectivity index (χ0) is 26.0. The van der Waals surface area contributed by atoms with Crippen molar-refractivity contribution in [1.82, 2.24) is 14.5 Å². The molecule has 12 heteroatoms. The summed E-state index contributed by atoms with van der Waals surface area (Å²) in [5.41, 5.74) is 0.153. The number of aliphatic hydroxyl groups is 3. The molecule has 0 saturated carbocycles. The van der Waals surface area contributed by atoms with Crippen molar-refractivity contribution in [3.63, 3.8) is 0 Å². The fourth-order valence-corrected chi connectivity index (χ4v) is 4.55. The summed E-state index contributed by atoms with van der Waals surface area (Å²) in [4.78, 5) is 30.1. The third kappa shape index (κ3) is 6.33. The van der Waals surface area contributed by atoms with Crippen LogP contribution in [0.4, 0.5) is 5.82 Å². The molecule has 2 aliphatic rings. The number of likely N-dealkylation sites (N-methyl/N-ethyl adjacent to an activating group) is 1. The molecular formula is C23H36N4O8. The van der Waals surface area contributed by atoms with Gasteiger partial charge in [-0.3, -0.25) is 9.36 Å². The molecule has 0 radical (unpaired) electrons. The normalized spacial score (nSPS) is 35.5. The topological polar surface area (TPSA) is 156 Å². The lowest BCUT2D eigenvalue weighted by atomic mass is 9.95. The standard InChI is InChI=1S/C23H36N4O8/c1-11(2)9-16(29)24-15-7-8-27(23(32)25-15)17-10-14(28)21(13(4)33-17)35-22-20(31)19(30)18(26(5)6)12(3)34-22/h7-9,12-14,17-22,28,30-31H,10H2,1-6H3,(H,24,25,29,32)/t12-,13+,14+,17-,18-,19+,20-,21-,22+/m1/s1. The van der Waals surface area contributed by atoms with Crippen LogP contribution in [0.3, 0.4) is 0 Å². The molecule has 1 aromatic heterocycles. The van der Waals surface area contributed by atoms with Gasteiger partial charge in [0.15, 0.2) is 6.29 Å². The molecule has 3 heterocycles. The summed E-state index contributed by atoms with van der Waals surface area (Å²) in [6.45, 7) is 7.00. The fraction of sp³-hybridized carbons (Fsp3) is 0.696. The summed E-state index contributed by atoms with van der Waals surface area (Å²) in [7, 11) is 3.56. The summed E-state index contributed by atoms with van der Waals surface area (Å²) in [6, 6.07) is 1.05. The number of hydrogen-bond acceptors (Lipinski definition) is 10. The quantitative estimate of drug-likeness (QED) is 0.382. The maximum Gasteiger partial charge on any atom is 0.351 e. The van der Waals surface area contributed by atoms with Gasteiger partial charge in [-0.25, -0.2) is 4.79 Å². The smallest absolute Gasteiger partial charge is 0.351 e. The predicted octanol–water partition coefficient (Wildman–Crippen LogP) is -0.402. The Morgan fingerprint density at radius 2 is 1.89 bits per heavy atom. The minimum Gasteiger partial charge on any atom is -0.390 e. The van der Waals surface area contributed by atoms with Gasteiger partial charge in [-0.2, -0.15) is 4.98 Å². The molecule has 196 valence electrons. The highest BCUT2D eigenvalue weighted by Crippen LogP contribution is 2.32. The molecule has 0 unspecified atom stereocenters. The summed E-state index contributed by atoms with van der Waals surface area (Å²) in [5, 5.41) is 34.4. The van der Waals surface area contributed by atoms with Crippen molar-refractivity contribution in [2.24, 2.45) is 0 Å². The van der Waals surface area contributed by atoms with Gasteiger partial charge in [0.1, 0.15) is 30.4 Å². The lowest BCUT2D eigenvalue weighted by Crippen LogP contribution is -2.63. The number of carbonyl (C=O) groups excluding carboxylic acids is 1. The van der Waals surface area contributed by atoms with Gasteiger partial charge in [-0.1, -0.05) is 5.57 Å². The van der Waals surface area contributed by atoms with E-state index in [1.165, 1.54) is 22.9 Å². The Hall–Kier alpha value is -2.19. The molecule has 0 bridgehead atoms. The van der Waals surface area contributed by atoms with Crippen molar-refractivity contribution in [1.29, 1.82) is 0 Å². The van der Waals surface area contributed by atoms with E-state index >= 15 is 0 Å².